The second-order valence-corrected chi connectivity index (χ2v) is 9.59. The van der Waals surface area contributed by atoms with Crippen LogP contribution in [0.15, 0.2) is 29.2 Å². The fourth-order valence-corrected chi connectivity index (χ4v) is 6.00. The van der Waals surface area contributed by atoms with E-state index in [2.05, 4.69) is 5.32 Å². The van der Waals surface area contributed by atoms with Crippen LogP contribution in [0, 0.1) is 12.8 Å². The normalized spacial score (nSPS) is 19.1. The molecule has 0 spiro atoms. The zero-order chi connectivity index (χ0) is 19.7. The van der Waals surface area contributed by atoms with Gasteiger partial charge < -0.3 is 5.32 Å². The van der Waals surface area contributed by atoms with Gasteiger partial charge in [-0.05, 0) is 63.7 Å². The van der Waals surface area contributed by atoms with Crippen molar-refractivity contribution in [2.75, 3.05) is 19.6 Å². The lowest BCUT2D eigenvalue weighted by Gasteiger charge is -2.34. The van der Waals surface area contributed by atoms with E-state index in [0.717, 1.165) is 43.8 Å². The highest BCUT2D eigenvalue weighted by Crippen LogP contribution is 2.30. The van der Waals surface area contributed by atoms with Crippen LogP contribution in [0.4, 0.5) is 0 Å². The van der Waals surface area contributed by atoms with E-state index >= 15 is 0 Å². The first-order valence-electron chi connectivity index (χ1n) is 10.9. The molecule has 2 aliphatic rings. The molecule has 1 heterocycles. The van der Waals surface area contributed by atoms with Crippen LogP contribution in [0.3, 0.4) is 0 Å². The summed E-state index contributed by atoms with van der Waals surface area (Å²) in [4.78, 5) is 0.442. The zero-order valence-corrected chi connectivity index (χ0v) is 18.2. The predicted octanol–water partition coefficient (Wildman–Crippen LogP) is 4.73. The van der Waals surface area contributed by atoms with Crippen molar-refractivity contribution in [1.82, 2.24) is 9.62 Å². The van der Waals surface area contributed by atoms with Gasteiger partial charge in [0.05, 0.1) is 4.90 Å². The SMILES string of the molecule is CC.Cc1ccc(S(=O)(=O)N(CCCC2CCCC2)C2CCNCC2)cc1. The van der Waals surface area contributed by atoms with E-state index in [0.29, 0.717) is 11.4 Å². The summed E-state index contributed by atoms with van der Waals surface area (Å²) < 4.78 is 28.4. The molecule has 0 aromatic heterocycles. The number of benzene rings is 1. The molecule has 1 N–H and O–H groups in total. The Bertz CT molecular complexity index is 631. The lowest BCUT2D eigenvalue weighted by atomic mass is 10.0. The van der Waals surface area contributed by atoms with E-state index in [-0.39, 0.29) is 6.04 Å². The molecule has 0 unspecified atom stereocenters. The second-order valence-electron chi connectivity index (χ2n) is 7.70. The number of hydrogen-bond acceptors (Lipinski definition) is 3. The molecule has 1 aliphatic heterocycles. The fraction of sp³-hybridized carbons (Fsp3) is 0.727. The minimum absolute atomic E-state index is 0.135. The van der Waals surface area contributed by atoms with Gasteiger partial charge in [0, 0.05) is 12.6 Å². The molecule has 3 rings (SSSR count). The van der Waals surface area contributed by atoms with Gasteiger partial charge in [0.2, 0.25) is 10.0 Å². The van der Waals surface area contributed by atoms with Crippen LogP contribution in [0.5, 0.6) is 0 Å². The Morgan fingerprint density at radius 3 is 2.19 bits per heavy atom. The summed E-state index contributed by atoms with van der Waals surface area (Å²) in [5.41, 5.74) is 1.09. The van der Waals surface area contributed by atoms with E-state index in [4.69, 9.17) is 0 Å². The maximum atomic E-state index is 13.3. The van der Waals surface area contributed by atoms with Gasteiger partial charge in [-0.2, -0.15) is 4.31 Å². The first-order chi connectivity index (χ1) is 13.1. The first-order valence-corrected chi connectivity index (χ1v) is 12.3. The van der Waals surface area contributed by atoms with Gasteiger partial charge in [0.15, 0.2) is 0 Å². The number of aryl methyl sites for hydroxylation is 1. The first kappa shape index (κ1) is 22.4. The summed E-state index contributed by atoms with van der Waals surface area (Å²) in [6, 6.07) is 7.44. The van der Waals surface area contributed by atoms with Crippen molar-refractivity contribution in [3.05, 3.63) is 29.8 Å². The lowest BCUT2D eigenvalue weighted by molar-refractivity contribution is 0.254. The van der Waals surface area contributed by atoms with Crippen molar-refractivity contribution in [2.45, 2.75) is 83.1 Å². The molecule has 0 amide bonds. The summed E-state index contributed by atoms with van der Waals surface area (Å²) >= 11 is 0. The number of sulfonamides is 1. The van der Waals surface area contributed by atoms with Gasteiger partial charge >= 0.3 is 0 Å². The van der Waals surface area contributed by atoms with Gasteiger partial charge in [-0.15, -0.1) is 0 Å². The van der Waals surface area contributed by atoms with Crippen LogP contribution < -0.4 is 5.32 Å². The molecule has 1 saturated carbocycles. The van der Waals surface area contributed by atoms with Crippen LogP contribution in [0.2, 0.25) is 0 Å². The largest absolute Gasteiger partial charge is 0.317 e. The molecule has 4 nitrogen and oxygen atoms in total. The molecular weight excluding hydrogens is 356 g/mol. The molecule has 0 atom stereocenters. The standard InChI is InChI=1S/C20H32N2O2S.C2H6/c1-17-8-10-20(11-9-17)25(23,24)22(19-12-14-21-15-13-19)16-4-7-18-5-2-3-6-18;1-2/h8-11,18-19,21H,2-7,12-16H2,1H3;1-2H3. The summed E-state index contributed by atoms with van der Waals surface area (Å²) in [5, 5.41) is 3.35. The van der Waals surface area contributed by atoms with Crippen LogP contribution in [-0.2, 0) is 10.0 Å². The van der Waals surface area contributed by atoms with Gasteiger partial charge in [-0.25, -0.2) is 8.42 Å². The zero-order valence-electron chi connectivity index (χ0n) is 17.4. The molecule has 154 valence electrons. The minimum atomic E-state index is -3.41. The third-order valence-electron chi connectivity index (χ3n) is 5.81. The average Bonchev–Trinajstić information content (AvgIpc) is 3.21. The lowest BCUT2D eigenvalue weighted by Crippen LogP contribution is -2.46. The number of nitrogens with one attached hydrogen (secondary N) is 1. The Morgan fingerprint density at radius 2 is 1.59 bits per heavy atom. The highest BCUT2D eigenvalue weighted by Gasteiger charge is 2.32. The van der Waals surface area contributed by atoms with E-state index in [1.165, 1.54) is 32.1 Å². The Labute approximate surface area is 166 Å². The van der Waals surface area contributed by atoms with Crippen molar-refractivity contribution in [1.29, 1.82) is 0 Å². The maximum absolute atomic E-state index is 13.3. The molecule has 2 fully saturated rings. The number of rotatable bonds is 7. The van der Waals surface area contributed by atoms with E-state index in [1.807, 2.05) is 37.2 Å². The third-order valence-corrected chi connectivity index (χ3v) is 7.78. The van der Waals surface area contributed by atoms with Crippen LogP contribution in [0.1, 0.15) is 70.8 Å². The monoisotopic (exact) mass is 394 g/mol. The summed E-state index contributed by atoms with van der Waals surface area (Å²) in [6.45, 7) is 8.47. The molecule has 5 heteroatoms. The van der Waals surface area contributed by atoms with Crippen molar-refractivity contribution in [2.24, 2.45) is 5.92 Å². The van der Waals surface area contributed by atoms with Gasteiger partial charge in [0.25, 0.3) is 0 Å². The van der Waals surface area contributed by atoms with Crippen molar-refractivity contribution >= 4 is 10.0 Å². The molecule has 0 bridgehead atoms. The highest BCUT2D eigenvalue weighted by atomic mass is 32.2. The third kappa shape index (κ3) is 6.30. The smallest absolute Gasteiger partial charge is 0.243 e. The van der Waals surface area contributed by atoms with E-state index < -0.39 is 10.0 Å². The van der Waals surface area contributed by atoms with E-state index in [1.54, 1.807) is 12.1 Å². The Hall–Kier alpha value is -0.910. The van der Waals surface area contributed by atoms with Crippen LogP contribution in [-0.4, -0.2) is 38.4 Å². The Morgan fingerprint density at radius 1 is 1.00 bits per heavy atom. The second kappa shape index (κ2) is 11.2. The van der Waals surface area contributed by atoms with Gasteiger partial charge in [0.1, 0.15) is 0 Å². The molecule has 1 aromatic rings. The molecule has 1 aromatic carbocycles. The predicted molar refractivity (Wildman–Crippen MR) is 114 cm³/mol. The van der Waals surface area contributed by atoms with Gasteiger partial charge in [-0.1, -0.05) is 57.2 Å². The molecule has 0 radical (unpaired) electrons. The molecular formula is C22H38N2O2S. The Balaban J connectivity index is 0.00000126. The molecule has 1 saturated heterocycles. The summed E-state index contributed by atoms with van der Waals surface area (Å²) in [6.07, 6.45) is 9.35. The van der Waals surface area contributed by atoms with E-state index in [9.17, 15) is 8.42 Å². The van der Waals surface area contributed by atoms with Crippen molar-refractivity contribution < 1.29 is 8.42 Å². The number of nitrogens with zero attached hydrogens (tertiary/aromatic N) is 1. The topological polar surface area (TPSA) is 49.4 Å². The van der Waals surface area contributed by atoms with Crippen LogP contribution >= 0.6 is 0 Å². The Kier molecular flexibility index (Phi) is 9.27. The fourth-order valence-electron chi connectivity index (χ4n) is 4.27. The summed E-state index contributed by atoms with van der Waals surface area (Å²) in [7, 11) is -3.41. The number of piperidine rings is 1. The quantitative estimate of drug-likeness (QED) is 0.727. The average molecular weight is 395 g/mol. The summed E-state index contributed by atoms with van der Waals surface area (Å²) in [5.74, 6) is 0.817. The van der Waals surface area contributed by atoms with Crippen molar-refractivity contribution in [3.8, 4) is 0 Å². The number of hydrogen-bond donors (Lipinski definition) is 1. The highest BCUT2D eigenvalue weighted by molar-refractivity contribution is 7.89. The molecule has 1 aliphatic carbocycles. The maximum Gasteiger partial charge on any atom is 0.243 e. The molecule has 27 heavy (non-hydrogen) atoms. The van der Waals surface area contributed by atoms with Crippen LogP contribution in [0.25, 0.3) is 0 Å². The minimum Gasteiger partial charge on any atom is -0.317 e. The van der Waals surface area contributed by atoms with Gasteiger partial charge in [-0.3, -0.25) is 0 Å². The van der Waals surface area contributed by atoms with Crippen molar-refractivity contribution in [3.63, 3.8) is 0 Å².